The van der Waals surface area contributed by atoms with E-state index in [-0.39, 0.29) is 17.0 Å². The molecule has 17 heavy (non-hydrogen) atoms. The minimum absolute atomic E-state index is 0.0503. The highest BCUT2D eigenvalue weighted by Crippen LogP contribution is 2.44. The van der Waals surface area contributed by atoms with Gasteiger partial charge in [0.25, 0.3) is 5.91 Å². The summed E-state index contributed by atoms with van der Waals surface area (Å²) in [7, 11) is 0. The number of β-lactam (4-membered cyclic amide) rings is 1. The van der Waals surface area contributed by atoms with Crippen LogP contribution in [0.25, 0.3) is 6.08 Å². The van der Waals surface area contributed by atoms with Gasteiger partial charge in [-0.15, -0.1) is 11.8 Å². The summed E-state index contributed by atoms with van der Waals surface area (Å²) >= 11 is 1.33. The molecule has 2 aliphatic heterocycles. The van der Waals surface area contributed by atoms with Gasteiger partial charge in [0.1, 0.15) is 11.1 Å². The molecule has 0 aromatic carbocycles. The van der Waals surface area contributed by atoms with Gasteiger partial charge in [-0.3, -0.25) is 9.69 Å². The lowest BCUT2D eigenvalue weighted by Gasteiger charge is -2.37. The predicted molar refractivity (Wildman–Crippen MR) is 60.6 cm³/mol. The van der Waals surface area contributed by atoms with E-state index in [0.29, 0.717) is 5.57 Å². The van der Waals surface area contributed by atoms with Gasteiger partial charge < -0.3 is 9.52 Å². The Labute approximate surface area is 100 Å². The van der Waals surface area contributed by atoms with E-state index in [9.17, 15) is 9.59 Å². The normalized spacial score (nSPS) is 24.6. The van der Waals surface area contributed by atoms with Gasteiger partial charge in [-0.2, -0.15) is 0 Å². The Morgan fingerprint density at radius 1 is 1.59 bits per heavy atom. The lowest BCUT2D eigenvalue weighted by molar-refractivity contribution is -0.141. The van der Waals surface area contributed by atoms with Gasteiger partial charge in [-0.05, 0) is 12.1 Å². The molecule has 3 heterocycles. The number of carboxylic acid groups (broad SMARTS) is 1. The van der Waals surface area contributed by atoms with E-state index >= 15 is 0 Å². The number of rotatable bonds is 2. The number of hydrogen-bond acceptors (Lipinski definition) is 4. The van der Waals surface area contributed by atoms with E-state index in [1.807, 2.05) is 0 Å². The minimum atomic E-state index is -1.07. The summed E-state index contributed by atoms with van der Waals surface area (Å²) in [6, 6.07) is 1.74. The van der Waals surface area contributed by atoms with Crippen molar-refractivity contribution in [2.45, 2.75) is 5.37 Å². The maximum absolute atomic E-state index is 11.8. The summed E-state index contributed by atoms with van der Waals surface area (Å²) in [4.78, 5) is 23.9. The number of amides is 1. The number of carbonyl (C=O) groups excluding carboxylic acids is 1. The average Bonchev–Trinajstić information content (AvgIpc) is 2.93. The Morgan fingerprint density at radius 3 is 3.06 bits per heavy atom. The van der Waals surface area contributed by atoms with Crippen LogP contribution in [0.3, 0.4) is 0 Å². The van der Waals surface area contributed by atoms with Gasteiger partial charge in [0.15, 0.2) is 0 Å². The first-order valence-electron chi connectivity index (χ1n) is 4.85. The van der Waals surface area contributed by atoms with Gasteiger partial charge in [0.05, 0.1) is 18.1 Å². The maximum atomic E-state index is 11.8. The van der Waals surface area contributed by atoms with Crippen molar-refractivity contribution in [3.05, 3.63) is 40.8 Å². The van der Waals surface area contributed by atoms with Crippen molar-refractivity contribution < 1.29 is 19.1 Å². The SMILES string of the molecule is O=C(O)C1=CS[C@@H]2C(=Cc3ccoc3)C(=O)N12. The van der Waals surface area contributed by atoms with Crippen LogP contribution in [0, 0.1) is 0 Å². The number of aliphatic carboxylic acids is 1. The van der Waals surface area contributed by atoms with Crippen molar-refractivity contribution in [1.29, 1.82) is 0 Å². The first kappa shape index (κ1) is 10.2. The molecule has 0 saturated carbocycles. The van der Waals surface area contributed by atoms with Crippen LogP contribution < -0.4 is 0 Å². The molecule has 1 aromatic rings. The average molecular weight is 249 g/mol. The molecule has 1 fully saturated rings. The van der Waals surface area contributed by atoms with Gasteiger partial charge in [0.2, 0.25) is 0 Å². The van der Waals surface area contributed by atoms with Crippen molar-refractivity contribution in [1.82, 2.24) is 4.90 Å². The first-order chi connectivity index (χ1) is 8.18. The first-order valence-corrected chi connectivity index (χ1v) is 5.79. The predicted octanol–water partition coefficient (Wildman–Crippen LogP) is 1.50. The molecule has 0 aliphatic carbocycles. The second-order valence-electron chi connectivity index (χ2n) is 3.63. The van der Waals surface area contributed by atoms with Crippen molar-refractivity contribution >= 4 is 29.7 Å². The zero-order valence-corrected chi connectivity index (χ0v) is 9.31. The molecule has 0 unspecified atom stereocenters. The molecule has 1 amide bonds. The fourth-order valence-corrected chi connectivity index (χ4v) is 2.92. The van der Waals surface area contributed by atoms with Gasteiger partial charge in [-0.1, -0.05) is 0 Å². The van der Waals surface area contributed by atoms with E-state index < -0.39 is 5.97 Å². The molecule has 5 nitrogen and oxygen atoms in total. The standard InChI is InChI=1S/C11H7NO4S/c13-9-7(3-6-1-2-16-4-6)10-12(9)8(5-17-10)11(14)15/h1-5,10H,(H,14,15)/t10-/m1/s1. The number of thioether (sulfide) groups is 1. The van der Waals surface area contributed by atoms with Gasteiger partial charge in [-0.25, -0.2) is 4.79 Å². The second kappa shape index (κ2) is 3.53. The number of carbonyl (C=O) groups is 2. The van der Waals surface area contributed by atoms with Crippen LogP contribution in [0.2, 0.25) is 0 Å². The number of hydrogen-bond donors (Lipinski definition) is 1. The highest BCUT2D eigenvalue weighted by Gasteiger charge is 2.49. The molecule has 6 heteroatoms. The molecule has 0 bridgehead atoms. The molecule has 1 atom stereocenters. The van der Waals surface area contributed by atoms with Crippen LogP contribution in [-0.2, 0) is 9.59 Å². The third kappa shape index (κ3) is 1.41. The molecule has 3 rings (SSSR count). The zero-order valence-electron chi connectivity index (χ0n) is 8.49. The highest BCUT2D eigenvalue weighted by atomic mass is 32.2. The Balaban J connectivity index is 1.87. The lowest BCUT2D eigenvalue weighted by Crippen LogP contribution is -2.51. The molecular weight excluding hydrogens is 242 g/mol. The number of furan rings is 1. The van der Waals surface area contributed by atoms with E-state index in [1.165, 1.54) is 34.6 Å². The Kier molecular flexibility index (Phi) is 2.12. The van der Waals surface area contributed by atoms with Crippen molar-refractivity contribution in [2.75, 3.05) is 0 Å². The van der Waals surface area contributed by atoms with Crippen LogP contribution >= 0.6 is 11.8 Å². The summed E-state index contributed by atoms with van der Waals surface area (Å²) in [6.45, 7) is 0. The molecule has 0 spiro atoms. The maximum Gasteiger partial charge on any atom is 0.353 e. The summed E-state index contributed by atoms with van der Waals surface area (Å²) in [5.74, 6) is -1.33. The van der Waals surface area contributed by atoms with Crippen LogP contribution in [0.5, 0.6) is 0 Å². The Morgan fingerprint density at radius 2 is 2.41 bits per heavy atom. The van der Waals surface area contributed by atoms with E-state index in [1.54, 1.807) is 12.1 Å². The molecule has 1 aromatic heterocycles. The topological polar surface area (TPSA) is 70.7 Å². The Hall–Kier alpha value is -1.95. The lowest BCUT2D eigenvalue weighted by atomic mass is 10.0. The molecule has 0 radical (unpaired) electrons. The summed E-state index contributed by atoms with van der Waals surface area (Å²) in [6.07, 6.45) is 4.78. The zero-order chi connectivity index (χ0) is 12.0. The third-order valence-electron chi connectivity index (χ3n) is 2.62. The highest BCUT2D eigenvalue weighted by molar-refractivity contribution is 8.03. The number of fused-ring (bicyclic) bond motifs is 1. The minimum Gasteiger partial charge on any atom is -0.477 e. The summed E-state index contributed by atoms with van der Waals surface area (Å²) < 4.78 is 4.91. The smallest absolute Gasteiger partial charge is 0.353 e. The van der Waals surface area contributed by atoms with E-state index in [4.69, 9.17) is 9.52 Å². The quantitative estimate of drug-likeness (QED) is 0.635. The molecular formula is C11H7NO4S. The second-order valence-corrected chi connectivity index (χ2v) is 4.58. The van der Waals surface area contributed by atoms with Crippen LogP contribution in [0.15, 0.2) is 39.7 Å². The van der Waals surface area contributed by atoms with Crippen molar-refractivity contribution in [3.63, 3.8) is 0 Å². The number of nitrogens with zero attached hydrogens (tertiary/aromatic N) is 1. The largest absolute Gasteiger partial charge is 0.477 e. The molecule has 1 N–H and O–H groups in total. The van der Waals surface area contributed by atoms with E-state index in [2.05, 4.69) is 0 Å². The summed E-state index contributed by atoms with van der Waals surface area (Å²) in [5, 5.41) is 10.2. The molecule has 86 valence electrons. The fraction of sp³-hybridized carbons (Fsp3) is 0.0909. The molecule has 1 saturated heterocycles. The monoisotopic (exact) mass is 249 g/mol. The molecule has 2 aliphatic rings. The summed E-state index contributed by atoms with van der Waals surface area (Å²) in [5.41, 5.74) is 1.45. The fourth-order valence-electron chi connectivity index (χ4n) is 1.80. The van der Waals surface area contributed by atoms with Gasteiger partial charge >= 0.3 is 5.97 Å². The third-order valence-corrected chi connectivity index (χ3v) is 3.70. The van der Waals surface area contributed by atoms with Gasteiger partial charge in [0, 0.05) is 11.0 Å². The Bertz CT molecular complexity index is 558. The van der Waals surface area contributed by atoms with Crippen LogP contribution in [0.4, 0.5) is 0 Å². The number of carboxylic acids is 1. The van der Waals surface area contributed by atoms with Crippen molar-refractivity contribution in [2.24, 2.45) is 0 Å². The van der Waals surface area contributed by atoms with Crippen LogP contribution in [0.1, 0.15) is 5.56 Å². The van der Waals surface area contributed by atoms with Crippen molar-refractivity contribution in [3.8, 4) is 0 Å². The van der Waals surface area contributed by atoms with Crippen LogP contribution in [-0.4, -0.2) is 27.3 Å². The van der Waals surface area contributed by atoms with E-state index in [0.717, 1.165) is 5.56 Å².